The smallest absolute Gasteiger partial charge is 0.227 e. The summed E-state index contributed by atoms with van der Waals surface area (Å²) in [5.74, 6) is 2.05. The van der Waals surface area contributed by atoms with Gasteiger partial charge in [-0.15, -0.1) is 0 Å². The third-order valence-corrected chi connectivity index (χ3v) is 5.41. The molecule has 2 nitrogen and oxygen atoms in total. The molecule has 1 amide bonds. The molecule has 1 saturated carbocycles. The molecule has 0 spiro atoms. The first-order chi connectivity index (χ1) is 11.1. The van der Waals surface area contributed by atoms with Crippen LogP contribution in [0.5, 0.6) is 0 Å². The van der Waals surface area contributed by atoms with Crippen LogP contribution in [0.1, 0.15) is 40.0 Å². The van der Waals surface area contributed by atoms with Crippen molar-refractivity contribution in [2.24, 2.45) is 23.7 Å². The summed E-state index contributed by atoms with van der Waals surface area (Å²) >= 11 is 0. The minimum absolute atomic E-state index is 0.137. The second kappa shape index (κ2) is 6.74. The Kier molecular flexibility index (Phi) is 4.70. The SMILES string of the molecule is CC1CCC(C(C)C)C(C(=O)Nc2cccc3ccccc23)C1. The van der Waals surface area contributed by atoms with Crippen LogP contribution >= 0.6 is 0 Å². The van der Waals surface area contributed by atoms with E-state index in [-0.39, 0.29) is 11.8 Å². The molecular weight excluding hydrogens is 282 g/mol. The molecule has 23 heavy (non-hydrogen) atoms. The molecule has 2 heteroatoms. The number of nitrogens with one attached hydrogen (secondary N) is 1. The number of fused-ring (bicyclic) bond motifs is 1. The van der Waals surface area contributed by atoms with Crippen LogP contribution in [0.4, 0.5) is 5.69 Å². The highest BCUT2D eigenvalue weighted by atomic mass is 16.1. The third-order valence-electron chi connectivity index (χ3n) is 5.41. The first kappa shape index (κ1) is 16.0. The molecule has 3 unspecified atom stereocenters. The summed E-state index contributed by atoms with van der Waals surface area (Å²) in [7, 11) is 0. The number of hydrogen-bond acceptors (Lipinski definition) is 1. The van der Waals surface area contributed by atoms with Gasteiger partial charge in [-0.3, -0.25) is 4.79 Å². The van der Waals surface area contributed by atoms with Crippen molar-refractivity contribution < 1.29 is 4.79 Å². The molecule has 3 rings (SSSR count). The van der Waals surface area contributed by atoms with Crippen LogP contribution in [0.3, 0.4) is 0 Å². The van der Waals surface area contributed by atoms with Gasteiger partial charge in [-0.2, -0.15) is 0 Å². The van der Waals surface area contributed by atoms with Gasteiger partial charge in [0.1, 0.15) is 0 Å². The third kappa shape index (κ3) is 3.41. The number of amides is 1. The maximum Gasteiger partial charge on any atom is 0.227 e. The van der Waals surface area contributed by atoms with Gasteiger partial charge in [-0.25, -0.2) is 0 Å². The summed E-state index contributed by atoms with van der Waals surface area (Å²) in [6, 6.07) is 14.3. The summed E-state index contributed by atoms with van der Waals surface area (Å²) in [6.45, 7) is 6.77. The molecule has 122 valence electrons. The van der Waals surface area contributed by atoms with Crippen molar-refractivity contribution in [3.63, 3.8) is 0 Å². The second-order valence-electron chi connectivity index (χ2n) is 7.45. The number of hydrogen-bond donors (Lipinski definition) is 1. The largest absolute Gasteiger partial charge is 0.325 e. The quantitative estimate of drug-likeness (QED) is 0.798. The molecule has 2 aromatic carbocycles. The zero-order valence-electron chi connectivity index (χ0n) is 14.4. The van der Waals surface area contributed by atoms with Crippen LogP contribution in [0.15, 0.2) is 42.5 Å². The summed E-state index contributed by atoms with van der Waals surface area (Å²) in [4.78, 5) is 13.0. The van der Waals surface area contributed by atoms with E-state index in [1.807, 2.05) is 24.3 Å². The number of carbonyl (C=O) groups is 1. The van der Waals surface area contributed by atoms with Crippen LogP contribution in [0.25, 0.3) is 10.8 Å². The summed E-state index contributed by atoms with van der Waals surface area (Å²) in [6.07, 6.45) is 3.44. The number of anilines is 1. The second-order valence-corrected chi connectivity index (χ2v) is 7.45. The van der Waals surface area contributed by atoms with Gasteiger partial charge in [0.15, 0.2) is 0 Å². The normalized spacial score (nSPS) is 24.8. The van der Waals surface area contributed by atoms with Gasteiger partial charge in [-0.05, 0) is 42.0 Å². The fourth-order valence-corrected chi connectivity index (χ4v) is 4.06. The molecule has 3 atom stereocenters. The fourth-order valence-electron chi connectivity index (χ4n) is 4.06. The van der Waals surface area contributed by atoms with Gasteiger partial charge < -0.3 is 5.32 Å². The Hall–Kier alpha value is -1.83. The van der Waals surface area contributed by atoms with Crippen molar-refractivity contribution >= 4 is 22.4 Å². The highest BCUT2D eigenvalue weighted by Gasteiger charge is 2.35. The zero-order chi connectivity index (χ0) is 16.4. The van der Waals surface area contributed by atoms with E-state index >= 15 is 0 Å². The minimum Gasteiger partial charge on any atom is -0.325 e. The number of carbonyl (C=O) groups excluding carboxylic acids is 1. The summed E-state index contributed by atoms with van der Waals surface area (Å²) in [5.41, 5.74) is 0.939. The van der Waals surface area contributed by atoms with Gasteiger partial charge in [0.2, 0.25) is 5.91 Å². The van der Waals surface area contributed by atoms with E-state index in [0.29, 0.717) is 17.8 Å². The molecule has 0 aliphatic heterocycles. The van der Waals surface area contributed by atoms with E-state index in [0.717, 1.165) is 17.5 Å². The molecule has 0 saturated heterocycles. The van der Waals surface area contributed by atoms with E-state index in [2.05, 4.69) is 44.3 Å². The predicted molar refractivity (Wildman–Crippen MR) is 97.4 cm³/mol. The predicted octanol–water partition coefficient (Wildman–Crippen LogP) is 5.49. The molecule has 1 fully saturated rings. The van der Waals surface area contributed by atoms with Crippen LogP contribution < -0.4 is 5.32 Å². The first-order valence-corrected chi connectivity index (χ1v) is 8.85. The van der Waals surface area contributed by atoms with Crippen LogP contribution in [0.2, 0.25) is 0 Å². The molecule has 2 aromatic rings. The molecular formula is C21H27NO. The Morgan fingerprint density at radius 1 is 1.09 bits per heavy atom. The van der Waals surface area contributed by atoms with Crippen molar-refractivity contribution in [2.45, 2.75) is 40.0 Å². The number of rotatable bonds is 3. The maximum atomic E-state index is 13.0. The lowest BCUT2D eigenvalue weighted by molar-refractivity contribution is -0.123. The Bertz CT molecular complexity index is 686. The molecule has 0 heterocycles. The lowest BCUT2D eigenvalue weighted by atomic mass is 9.70. The maximum absolute atomic E-state index is 13.0. The first-order valence-electron chi connectivity index (χ1n) is 8.85. The molecule has 0 radical (unpaired) electrons. The van der Waals surface area contributed by atoms with Crippen molar-refractivity contribution in [2.75, 3.05) is 5.32 Å². The zero-order valence-corrected chi connectivity index (χ0v) is 14.4. The van der Waals surface area contributed by atoms with Gasteiger partial charge >= 0.3 is 0 Å². The van der Waals surface area contributed by atoms with Crippen LogP contribution in [-0.4, -0.2) is 5.91 Å². The van der Waals surface area contributed by atoms with E-state index in [4.69, 9.17) is 0 Å². The van der Waals surface area contributed by atoms with Crippen LogP contribution in [-0.2, 0) is 4.79 Å². The molecule has 1 N–H and O–H groups in total. The van der Waals surface area contributed by atoms with Gasteiger partial charge in [0.05, 0.1) is 0 Å². The minimum atomic E-state index is 0.137. The van der Waals surface area contributed by atoms with Crippen LogP contribution in [0, 0.1) is 23.7 Å². The van der Waals surface area contributed by atoms with Crippen molar-refractivity contribution in [3.8, 4) is 0 Å². The van der Waals surface area contributed by atoms with E-state index in [1.54, 1.807) is 0 Å². The molecule has 0 bridgehead atoms. The topological polar surface area (TPSA) is 29.1 Å². The summed E-state index contributed by atoms with van der Waals surface area (Å²) < 4.78 is 0. The highest BCUT2D eigenvalue weighted by molar-refractivity contribution is 6.02. The van der Waals surface area contributed by atoms with Gasteiger partial charge in [0.25, 0.3) is 0 Å². The van der Waals surface area contributed by atoms with E-state index in [1.165, 1.54) is 18.2 Å². The van der Waals surface area contributed by atoms with Crippen molar-refractivity contribution in [1.82, 2.24) is 0 Å². The van der Waals surface area contributed by atoms with E-state index in [9.17, 15) is 4.79 Å². The fraction of sp³-hybridized carbons (Fsp3) is 0.476. The van der Waals surface area contributed by atoms with Gasteiger partial charge in [-0.1, -0.05) is 63.6 Å². The van der Waals surface area contributed by atoms with Crippen molar-refractivity contribution in [1.29, 1.82) is 0 Å². The molecule has 1 aliphatic rings. The Morgan fingerprint density at radius 3 is 2.61 bits per heavy atom. The Balaban J connectivity index is 1.84. The lowest BCUT2D eigenvalue weighted by Gasteiger charge is -2.36. The van der Waals surface area contributed by atoms with Crippen molar-refractivity contribution in [3.05, 3.63) is 42.5 Å². The summed E-state index contributed by atoms with van der Waals surface area (Å²) in [5, 5.41) is 5.51. The Morgan fingerprint density at radius 2 is 1.83 bits per heavy atom. The number of benzene rings is 2. The molecule has 1 aliphatic carbocycles. The molecule has 0 aromatic heterocycles. The Labute approximate surface area is 139 Å². The average Bonchev–Trinajstić information content (AvgIpc) is 2.54. The van der Waals surface area contributed by atoms with E-state index < -0.39 is 0 Å². The van der Waals surface area contributed by atoms with Gasteiger partial charge in [0, 0.05) is 17.0 Å². The standard InChI is InChI=1S/C21H27NO/c1-14(2)17-12-11-15(3)13-19(17)21(23)22-20-10-6-8-16-7-4-5-9-18(16)20/h4-10,14-15,17,19H,11-13H2,1-3H3,(H,22,23). The lowest BCUT2D eigenvalue weighted by Crippen LogP contribution is -2.36. The average molecular weight is 309 g/mol. The monoisotopic (exact) mass is 309 g/mol. The highest BCUT2D eigenvalue weighted by Crippen LogP contribution is 2.38.